The van der Waals surface area contributed by atoms with Gasteiger partial charge in [-0.3, -0.25) is 4.55 Å². The van der Waals surface area contributed by atoms with Crippen LogP contribution in [0.15, 0.2) is 0 Å². The van der Waals surface area contributed by atoms with E-state index in [9.17, 15) is 23.5 Å². The minimum atomic E-state index is -6.07. The molecule has 0 atom stereocenters. The van der Waals surface area contributed by atoms with Crippen molar-refractivity contribution in [1.29, 1.82) is 0 Å². The third kappa shape index (κ3) is 53.2. The van der Waals surface area contributed by atoms with Crippen molar-refractivity contribution in [2.24, 2.45) is 5.14 Å². The van der Waals surface area contributed by atoms with Crippen molar-refractivity contribution < 1.29 is 169 Å². The molecule has 88 valence electrons. The summed E-state index contributed by atoms with van der Waals surface area (Å²) in [6.07, 6.45) is 0. The minimum absolute atomic E-state index is 0. The van der Waals surface area contributed by atoms with Crippen molar-refractivity contribution in [3.63, 3.8) is 0 Å². The molecule has 0 aliphatic heterocycles. The fourth-order valence-electron chi connectivity index (χ4n) is 0.102. The van der Waals surface area contributed by atoms with Crippen LogP contribution in [0.3, 0.4) is 0 Å². The Morgan fingerprint density at radius 2 is 1.12 bits per heavy atom. The summed E-state index contributed by atoms with van der Waals surface area (Å²) in [5.41, 5.74) is 0. The quantitative estimate of drug-likeness (QED) is 0.336. The van der Waals surface area contributed by atoms with Gasteiger partial charge in [0, 0.05) is 0 Å². The molecular weight excluding hydrogens is 388 g/mol. The third-order valence-corrected chi connectivity index (χ3v) is 2.83. The van der Waals surface area contributed by atoms with Gasteiger partial charge >= 0.3 is 167 Å². The van der Waals surface area contributed by atoms with E-state index in [1.165, 1.54) is 0 Å². The van der Waals surface area contributed by atoms with Gasteiger partial charge in [-0.15, -0.1) is 0 Å². The van der Waals surface area contributed by atoms with Gasteiger partial charge in [0.2, 0.25) is 0 Å². The molecule has 0 radical (unpaired) electrons. The Labute approximate surface area is 180 Å². The zero-order chi connectivity index (χ0) is 12.2. The Hall–Kier alpha value is 3.29. The molecule has 0 aromatic rings. The summed E-state index contributed by atoms with van der Waals surface area (Å²) in [6.45, 7) is 0. The van der Waals surface area contributed by atoms with Crippen molar-refractivity contribution in [2.45, 2.75) is 0 Å². The molecule has 0 spiro atoms. The normalized spacial score (nSPS) is 11.2. The van der Waals surface area contributed by atoms with Gasteiger partial charge < -0.3 is 0 Å². The van der Waals surface area contributed by atoms with E-state index in [0.717, 1.165) is 0 Å². The first kappa shape index (κ1) is 27.6. The second-order valence-electron chi connectivity index (χ2n) is 1.40. The molecule has 0 aromatic carbocycles. The second kappa shape index (κ2) is 11.0. The maximum absolute atomic E-state index is 9.38. The van der Waals surface area contributed by atoms with Crippen LogP contribution in [0.5, 0.6) is 0 Å². The maximum atomic E-state index is 9.38. The molecule has 16 heteroatoms. The van der Waals surface area contributed by atoms with Gasteiger partial charge in [-0.2, -0.15) is 8.42 Å². The van der Waals surface area contributed by atoms with Crippen molar-refractivity contribution in [2.75, 3.05) is 0 Å². The summed E-state index contributed by atoms with van der Waals surface area (Å²) in [6, 6.07) is 0. The molecule has 11 nitrogen and oxygen atoms in total. The molecular formula is H3Cr2K2NO10S. The number of nitrogens with two attached hydrogens (primary N) is 1. The Kier molecular flexibility index (Phi) is 19.0. The second-order valence-corrected chi connectivity index (χ2v) is 6.07. The van der Waals surface area contributed by atoms with Gasteiger partial charge in [0.05, 0.1) is 0 Å². The molecule has 0 heterocycles. The van der Waals surface area contributed by atoms with Crippen LogP contribution in [0, 0.1) is 0 Å². The van der Waals surface area contributed by atoms with Crippen LogP contribution < -0.4 is 116 Å². The SMILES string of the molecule is NS(=O)(=O)O.[K+].[K+].[O]=[Cr](=[O])([O-])[O][Cr](=[O])(=[O])[O-]. The van der Waals surface area contributed by atoms with E-state index >= 15 is 0 Å². The number of hydrogen-bond acceptors (Lipinski definition) is 9. The number of rotatable bonds is 2. The van der Waals surface area contributed by atoms with Gasteiger partial charge in [-0.05, 0) is 0 Å². The first-order chi connectivity index (χ1) is 5.71. The van der Waals surface area contributed by atoms with Crippen LogP contribution in [0.2, 0.25) is 0 Å². The Morgan fingerprint density at radius 3 is 1.12 bits per heavy atom. The molecule has 0 fully saturated rings. The summed E-state index contributed by atoms with van der Waals surface area (Å²) in [5.74, 6) is 0. The first-order valence-electron chi connectivity index (χ1n) is 2.08. The van der Waals surface area contributed by atoms with Crippen LogP contribution in [0.25, 0.3) is 0 Å². The molecule has 0 aliphatic rings. The third-order valence-electron chi connectivity index (χ3n) is 0.167. The molecule has 16 heavy (non-hydrogen) atoms. The molecule has 0 bridgehead atoms. The Bertz CT molecular complexity index is 419. The fourth-order valence-corrected chi connectivity index (χ4v) is 1.74. The van der Waals surface area contributed by atoms with Crippen molar-refractivity contribution in [3.8, 4) is 0 Å². The van der Waals surface area contributed by atoms with Gasteiger partial charge in [0.25, 0.3) is 0 Å². The molecule has 0 rings (SSSR count). The predicted octanol–water partition coefficient (Wildman–Crippen LogP) is -10.2. The molecule has 0 saturated carbocycles. The summed E-state index contributed by atoms with van der Waals surface area (Å²) >= 11 is -12.1. The Morgan fingerprint density at radius 1 is 1.00 bits per heavy atom. The average molecular weight is 391 g/mol. The van der Waals surface area contributed by atoms with Gasteiger partial charge in [-0.1, -0.05) is 0 Å². The van der Waals surface area contributed by atoms with E-state index in [1.807, 2.05) is 0 Å². The van der Waals surface area contributed by atoms with Crippen LogP contribution in [-0.4, -0.2) is 13.0 Å². The summed E-state index contributed by atoms with van der Waals surface area (Å²) in [4.78, 5) is 0. The monoisotopic (exact) mass is 391 g/mol. The van der Waals surface area contributed by atoms with Crippen LogP contribution >= 0.6 is 0 Å². The molecule has 0 unspecified atom stereocenters. The molecule has 0 aromatic heterocycles. The molecule has 0 aliphatic carbocycles. The summed E-state index contributed by atoms with van der Waals surface area (Å²) in [5, 5.41) is 3.88. The van der Waals surface area contributed by atoms with E-state index in [0.29, 0.717) is 0 Å². The fraction of sp³-hybridized carbons (Fsp3) is 0. The van der Waals surface area contributed by atoms with E-state index in [1.54, 1.807) is 0 Å². The summed E-state index contributed by atoms with van der Waals surface area (Å²) in [7, 11) is -4.17. The van der Waals surface area contributed by atoms with Gasteiger partial charge in [-0.25, -0.2) is 5.14 Å². The van der Waals surface area contributed by atoms with Crippen molar-refractivity contribution >= 4 is 10.3 Å². The topological polar surface area (TPSA) is 204 Å². The van der Waals surface area contributed by atoms with Crippen molar-refractivity contribution in [3.05, 3.63) is 0 Å². The molecule has 3 N–H and O–H groups in total. The number of hydrogen-bond donors (Lipinski definition) is 2. The van der Waals surface area contributed by atoms with Gasteiger partial charge in [0.15, 0.2) is 0 Å². The average Bonchev–Trinajstić information content (AvgIpc) is 1.42. The standard InChI is InChI=1S/2Cr.2K.H3NO3S.7O/c;;;;1-5(2,3)4;;;;;;;/h;;;;(H3,1,2,3,4);;;;;;;/q;;2*+1;;;;;;;2*-1. The zero-order valence-corrected chi connectivity index (χ0v) is 17.5. The van der Waals surface area contributed by atoms with E-state index in [-0.39, 0.29) is 103 Å². The van der Waals surface area contributed by atoms with E-state index < -0.39 is 37.5 Å². The van der Waals surface area contributed by atoms with E-state index in [2.05, 4.69) is 7.98 Å². The van der Waals surface area contributed by atoms with Crippen LogP contribution in [0.1, 0.15) is 0 Å². The van der Waals surface area contributed by atoms with Gasteiger partial charge in [0.1, 0.15) is 0 Å². The van der Waals surface area contributed by atoms with Crippen molar-refractivity contribution in [1.82, 2.24) is 0 Å². The van der Waals surface area contributed by atoms with E-state index in [4.69, 9.17) is 13.0 Å². The summed E-state index contributed by atoms with van der Waals surface area (Å²) < 4.78 is 84.1. The molecule has 0 saturated heterocycles. The predicted molar refractivity (Wildman–Crippen MR) is 19.6 cm³/mol. The molecule has 0 amide bonds. The first-order valence-corrected chi connectivity index (χ1v) is 7.75. The Balaban J connectivity index is -0.0000000904. The zero-order valence-electron chi connectivity index (χ0n) is 7.92. The van der Waals surface area contributed by atoms with Crippen LogP contribution in [0.4, 0.5) is 0 Å². The van der Waals surface area contributed by atoms with Crippen LogP contribution in [-0.2, 0) is 55.6 Å².